The molecule has 0 amide bonds. The van der Waals surface area contributed by atoms with Crippen LogP contribution in [0.4, 0.5) is 4.39 Å². The molecule has 12 heteroatoms. The molecule has 1 aromatic carbocycles. The first-order valence-electron chi connectivity index (χ1n) is 12.9. The fourth-order valence-corrected chi connectivity index (χ4v) is 4.13. The number of para-hydroxylation sites is 1. The molecular weight excluding hydrogens is 515 g/mol. The second-order valence-corrected chi connectivity index (χ2v) is 9.10. The van der Waals surface area contributed by atoms with Crippen LogP contribution < -0.4 is 16.0 Å². The van der Waals surface area contributed by atoms with E-state index in [0.29, 0.717) is 19.0 Å². The van der Waals surface area contributed by atoms with Gasteiger partial charge in [-0.25, -0.2) is 4.79 Å². The minimum Gasteiger partial charge on any atom is -0.496 e. The summed E-state index contributed by atoms with van der Waals surface area (Å²) in [6, 6.07) is 5.89. The molecule has 212 valence electrons. The lowest BCUT2D eigenvalue weighted by molar-refractivity contribution is -0.158. The Bertz CT molecular complexity index is 1300. The highest BCUT2D eigenvalue weighted by Crippen LogP contribution is 2.31. The summed E-state index contributed by atoms with van der Waals surface area (Å²) in [5, 5.41) is 0. The number of methoxy groups -OCH3 is 1. The number of rotatable bonds is 12. The van der Waals surface area contributed by atoms with Crippen LogP contribution in [0, 0.1) is 5.82 Å². The normalized spacial score (nSPS) is 18.5. The van der Waals surface area contributed by atoms with Crippen molar-refractivity contribution in [1.82, 2.24) is 9.13 Å². The van der Waals surface area contributed by atoms with Gasteiger partial charge in [0.25, 0.3) is 11.5 Å². The molecular formula is C27H33FN2O9. The molecule has 1 saturated heterocycles. The summed E-state index contributed by atoms with van der Waals surface area (Å²) in [5.41, 5.74) is -2.71. The van der Waals surface area contributed by atoms with E-state index in [9.17, 15) is 28.4 Å². The van der Waals surface area contributed by atoms with Crippen molar-refractivity contribution < 1.29 is 37.7 Å². The molecule has 11 nitrogen and oxygen atoms in total. The van der Waals surface area contributed by atoms with Gasteiger partial charge in [0, 0.05) is 19.3 Å². The third-order valence-electron chi connectivity index (χ3n) is 6.26. The Morgan fingerprint density at radius 3 is 2.38 bits per heavy atom. The molecule has 39 heavy (non-hydrogen) atoms. The maximum absolute atomic E-state index is 14.8. The average Bonchev–Trinajstić information content (AvgIpc) is 3.33. The van der Waals surface area contributed by atoms with E-state index >= 15 is 0 Å². The van der Waals surface area contributed by atoms with Gasteiger partial charge in [-0.1, -0.05) is 38.8 Å². The van der Waals surface area contributed by atoms with E-state index in [2.05, 4.69) is 0 Å². The van der Waals surface area contributed by atoms with Gasteiger partial charge >= 0.3 is 17.6 Å². The second-order valence-electron chi connectivity index (χ2n) is 9.10. The van der Waals surface area contributed by atoms with Crippen LogP contribution in [0.1, 0.15) is 75.4 Å². The standard InChI is InChI=1S/C27H33FN2O9/c1-4-6-12-23(31)37-16-21-20(39-24(32)13-7-5-2)14-22(38-21)29-15-18(28)26(34)30(27(29)35)25(33)17-10-8-9-11-19(17)36-3/h8-11,15,20-22H,4-7,12-14,16H2,1-3H3/t20-,21+,22+/m0/s1. The smallest absolute Gasteiger partial charge is 0.340 e. The zero-order chi connectivity index (χ0) is 28.5. The number of benzene rings is 1. The Balaban J connectivity index is 1.93. The average molecular weight is 549 g/mol. The molecule has 3 rings (SSSR count). The first-order valence-corrected chi connectivity index (χ1v) is 12.9. The molecule has 1 aliphatic heterocycles. The van der Waals surface area contributed by atoms with Crippen LogP contribution in [0.2, 0.25) is 0 Å². The predicted molar refractivity (Wildman–Crippen MR) is 136 cm³/mol. The number of unbranched alkanes of at least 4 members (excludes halogenated alkanes) is 2. The van der Waals surface area contributed by atoms with Crippen LogP contribution in [0.3, 0.4) is 0 Å². The summed E-state index contributed by atoms with van der Waals surface area (Å²) in [4.78, 5) is 63.4. The number of carbonyl (C=O) groups excluding carboxylic acids is 3. The van der Waals surface area contributed by atoms with E-state index in [1.54, 1.807) is 6.07 Å². The van der Waals surface area contributed by atoms with E-state index in [1.807, 2.05) is 13.8 Å². The van der Waals surface area contributed by atoms with E-state index < -0.39 is 53.3 Å². The number of halogens is 1. The van der Waals surface area contributed by atoms with Crippen molar-refractivity contribution in [2.24, 2.45) is 0 Å². The number of ether oxygens (including phenoxy) is 4. The number of carbonyl (C=O) groups is 3. The van der Waals surface area contributed by atoms with E-state index in [0.717, 1.165) is 17.4 Å². The van der Waals surface area contributed by atoms with Crippen molar-refractivity contribution in [2.45, 2.75) is 77.2 Å². The highest BCUT2D eigenvalue weighted by Gasteiger charge is 2.41. The fraction of sp³-hybridized carbons (Fsp3) is 0.519. The van der Waals surface area contributed by atoms with Gasteiger partial charge in [-0.15, -0.1) is 0 Å². The van der Waals surface area contributed by atoms with Crippen LogP contribution in [0.5, 0.6) is 5.75 Å². The highest BCUT2D eigenvalue weighted by molar-refractivity contribution is 5.98. The first kappa shape index (κ1) is 29.8. The van der Waals surface area contributed by atoms with Crippen molar-refractivity contribution in [3.05, 3.63) is 62.7 Å². The first-order chi connectivity index (χ1) is 18.7. The number of hydrogen-bond acceptors (Lipinski definition) is 9. The Kier molecular flexibility index (Phi) is 10.6. The molecule has 0 saturated carbocycles. The number of nitrogens with zero attached hydrogens (tertiary/aromatic N) is 2. The molecule has 1 aromatic heterocycles. The molecule has 0 aliphatic carbocycles. The lowest BCUT2D eigenvalue weighted by Crippen LogP contribution is -2.46. The SMILES string of the molecule is CCCCC(=O)OC[C@H]1O[C@@H](n2cc(F)c(=O)n(C(=O)c3ccccc3OC)c2=O)C[C@@H]1OC(=O)CCCC. The van der Waals surface area contributed by atoms with Crippen LogP contribution in [-0.4, -0.2) is 52.9 Å². The number of hydrogen-bond donors (Lipinski definition) is 0. The van der Waals surface area contributed by atoms with Gasteiger partial charge in [-0.2, -0.15) is 8.96 Å². The second kappa shape index (κ2) is 13.8. The zero-order valence-electron chi connectivity index (χ0n) is 22.2. The predicted octanol–water partition coefficient (Wildman–Crippen LogP) is 2.97. The molecule has 0 radical (unpaired) electrons. The van der Waals surface area contributed by atoms with Gasteiger partial charge in [0.05, 0.1) is 18.9 Å². The lowest BCUT2D eigenvalue weighted by atomic mass is 10.1. The van der Waals surface area contributed by atoms with Gasteiger partial charge in [0.15, 0.2) is 0 Å². The van der Waals surface area contributed by atoms with Gasteiger partial charge in [0.1, 0.15) is 30.8 Å². The van der Waals surface area contributed by atoms with E-state index in [-0.39, 0.29) is 41.7 Å². The molecule has 2 aromatic rings. The Labute approximate surface area is 224 Å². The van der Waals surface area contributed by atoms with Gasteiger partial charge in [-0.05, 0) is 25.0 Å². The summed E-state index contributed by atoms with van der Waals surface area (Å²) in [7, 11) is 1.31. The Hall–Kier alpha value is -3.80. The summed E-state index contributed by atoms with van der Waals surface area (Å²) in [6.45, 7) is 3.59. The zero-order valence-corrected chi connectivity index (χ0v) is 22.2. The Morgan fingerprint density at radius 2 is 1.72 bits per heavy atom. The molecule has 3 atom stereocenters. The van der Waals surface area contributed by atoms with Crippen molar-refractivity contribution in [1.29, 1.82) is 0 Å². The molecule has 0 unspecified atom stereocenters. The Morgan fingerprint density at radius 1 is 1.05 bits per heavy atom. The molecule has 2 heterocycles. The summed E-state index contributed by atoms with van der Waals surface area (Å²) in [6.07, 6.45) is 0.633. The van der Waals surface area contributed by atoms with Crippen molar-refractivity contribution in [3.8, 4) is 5.75 Å². The third kappa shape index (κ3) is 7.20. The number of aromatic nitrogens is 2. The van der Waals surface area contributed by atoms with Crippen LogP contribution in [-0.2, 0) is 23.8 Å². The van der Waals surface area contributed by atoms with Crippen LogP contribution in [0.15, 0.2) is 40.1 Å². The van der Waals surface area contributed by atoms with E-state index in [4.69, 9.17) is 18.9 Å². The minimum absolute atomic E-state index is 0.0886. The molecule has 1 aliphatic rings. The van der Waals surface area contributed by atoms with Crippen molar-refractivity contribution >= 4 is 17.8 Å². The van der Waals surface area contributed by atoms with Gasteiger partial charge in [-0.3, -0.25) is 23.7 Å². The van der Waals surface area contributed by atoms with Crippen molar-refractivity contribution in [2.75, 3.05) is 13.7 Å². The van der Waals surface area contributed by atoms with Gasteiger partial charge < -0.3 is 18.9 Å². The summed E-state index contributed by atoms with van der Waals surface area (Å²) in [5.74, 6) is -3.32. The fourth-order valence-electron chi connectivity index (χ4n) is 4.13. The monoisotopic (exact) mass is 548 g/mol. The largest absolute Gasteiger partial charge is 0.496 e. The van der Waals surface area contributed by atoms with Crippen LogP contribution >= 0.6 is 0 Å². The highest BCUT2D eigenvalue weighted by atomic mass is 19.1. The van der Waals surface area contributed by atoms with Crippen molar-refractivity contribution in [3.63, 3.8) is 0 Å². The molecule has 1 fully saturated rings. The quantitative estimate of drug-likeness (QED) is 0.367. The third-order valence-corrected chi connectivity index (χ3v) is 6.26. The maximum Gasteiger partial charge on any atom is 0.340 e. The molecule has 0 bridgehead atoms. The van der Waals surface area contributed by atoms with Crippen LogP contribution in [0.25, 0.3) is 0 Å². The summed E-state index contributed by atoms with van der Waals surface area (Å²) < 4.78 is 37.5. The van der Waals surface area contributed by atoms with E-state index in [1.165, 1.54) is 25.3 Å². The molecule has 0 N–H and O–H groups in total. The van der Waals surface area contributed by atoms with Gasteiger partial charge in [0.2, 0.25) is 5.82 Å². The number of esters is 2. The topological polar surface area (TPSA) is 132 Å². The maximum atomic E-state index is 14.8. The lowest BCUT2D eigenvalue weighted by Gasteiger charge is -2.19. The molecule has 0 spiro atoms. The minimum atomic E-state index is -1.44. The summed E-state index contributed by atoms with van der Waals surface area (Å²) >= 11 is 0.